The molecule has 1 aromatic rings. The van der Waals surface area contributed by atoms with E-state index in [9.17, 15) is 9.59 Å². The number of carbonyl (C=O) groups is 1. The molecule has 5 nitrogen and oxygen atoms in total. The van der Waals surface area contributed by atoms with Crippen molar-refractivity contribution in [3.8, 4) is 0 Å². The molecule has 1 rings (SSSR count). The van der Waals surface area contributed by atoms with Crippen LogP contribution in [-0.2, 0) is 11.2 Å². The standard InChI is InChI=1S/C4H4N2O3S/c7-3(8)1-2-5-6-4(9)10-2/h1H2,(H,6,9)(H,7,8). The average Bonchev–Trinajstić information content (AvgIpc) is 2.13. The van der Waals surface area contributed by atoms with E-state index in [1.165, 1.54) is 0 Å². The Kier molecular flexibility index (Phi) is 1.81. The summed E-state index contributed by atoms with van der Waals surface area (Å²) in [4.78, 5) is 20.1. The quantitative estimate of drug-likeness (QED) is 0.608. The van der Waals surface area contributed by atoms with Crippen molar-refractivity contribution in [2.24, 2.45) is 0 Å². The summed E-state index contributed by atoms with van der Waals surface area (Å²) in [5.41, 5.74) is 0. The van der Waals surface area contributed by atoms with Gasteiger partial charge in [-0.2, -0.15) is 5.10 Å². The molecule has 0 bridgehead atoms. The number of hydrogen-bond acceptors (Lipinski definition) is 4. The fourth-order valence-electron chi connectivity index (χ4n) is 0.466. The predicted octanol–water partition coefficient (Wildman–Crippen LogP) is -0.541. The molecule has 0 aromatic carbocycles. The van der Waals surface area contributed by atoms with Crippen LogP contribution in [0.25, 0.3) is 0 Å². The number of aliphatic carboxylic acids is 1. The minimum Gasteiger partial charge on any atom is -0.481 e. The van der Waals surface area contributed by atoms with Gasteiger partial charge >= 0.3 is 10.8 Å². The monoisotopic (exact) mass is 160 g/mol. The fraction of sp³-hybridized carbons (Fsp3) is 0.250. The van der Waals surface area contributed by atoms with Crippen LogP contribution in [-0.4, -0.2) is 21.3 Å². The zero-order chi connectivity index (χ0) is 7.56. The van der Waals surface area contributed by atoms with Gasteiger partial charge < -0.3 is 5.11 Å². The van der Waals surface area contributed by atoms with E-state index in [-0.39, 0.29) is 11.3 Å². The van der Waals surface area contributed by atoms with Crippen LogP contribution in [0.3, 0.4) is 0 Å². The van der Waals surface area contributed by atoms with Gasteiger partial charge in [-0.3, -0.25) is 9.59 Å². The Bertz CT molecular complexity index is 289. The van der Waals surface area contributed by atoms with E-state index in [1.807, 2.05) is 0 Å². The lowest BCUT2D eigenvalue weighted by molar-refractivity contribution is -0.136. The summed E-state index contributed by atoms with van der Waals surface area (Å²) < 4.78 is 0. The van der Waals surface area contributed by atoms with Gasteiger partial charge in [0, 0.05) is 0 Å². The number of nitrogens with one attached hydrogen (secondary N) is 1. The van der Waals surface area contributed by atoms with Crippen molar-refractivity contribution in [3.05, 3.63) is 14.7 Å². The van der Waals surface area contributed by atoms with Crippen LogP contribution in [0.4, 0.5) is 0 Å². The summed E-state index contributed by atoms with van der Waals surface area (Å²) in [6, 6.07) is 0. The van der Waals surface area contributed by atoms with E-state index in [4.69, 9.17) is 5.11 Å². The van der Waals surface area contributed by atoms with Gasteiger partial charge in [0.05, 0.1) is 6.42 Å². The number of nitrogens with zero attached hydrogens (tertiary/aromatic N) is 1. The second kappa shape index (κ2) is 2.61. The highest BCUT2D eigenvalue weighted by Gasteiger charge is 2.03. The summed E-state index contributed by atoms with van der Waals surface area (Å²) in [5.74, 6) is -0.984. The van der Waals surface area contributed by atoms with E-state index in [2.05, 4.69) is 10.2 Å². The molecule has 0 unspecified atom stereocenters. The molecule has 0 amide bonds. The highest BCUT2D eigenvalue weighted by molar-refractivity contribution is 7.08. The Morgan fingerprint density at radius 2 is 2.50 bits per heavy atom. The number of H-pyrrole nitrogens is 1. The lowest BCUT2D eigenvalue weighted by atomic mass is 10.5. The van der Waals surface area contributed by atoms with Crippen molar-refractivity contribution in [1.29, 1.82) is 0 Å². The van der Waals surface area contributed by atoms with Crippen molar-refractivity contribution in [3.63, 3.8) is 0 Å². The third kappa shape index (κ3) is 1.66. The second-order valence-corrected chi connectivity index (χ2v) is 2.62. The maximum atomic E-state index is 10.4. The molecule has 0 atom stereocenters. The fourth-order valence-corrected chi connectivity index (χ4v) is 1.06. The molecule has 10 heavy (non-hydrogen) atoms. The number of aromatic amines is 1. The zero-order valence-electron chi connectivity index (χ0n) is 4.83. The average molecular weight is 160 g/mol. The van der Waals surface area contributed by atoms with Gasteiger partial charge in [0.25, 0.3) is 0 Å². The van der Waals surface area contributed by atoms with Crippen LogP contribution in [0.2, 0.25) is 0 Å². The van der Waals surface area contributed by atoms with Crippen molar-refractivity contribution in [2.45, 2.75) is 6.42 Å². The number of rotatable bonds is 2. The first kappa shape index (κ1) is 6.94. The number of carboxylic acids is 1. The molecule has 0 saturated heterocycles. The molecule has 1 heterocycles. The molecule has 2 N–H and O–H groups in total. The number of aromatic nitrogens is 2. The van der Waals surface area contributed by atoms with Crippen LogP contribution in [0.5, 0.6) is 0 Å². The van der Waals surface area contributed by atoms with E-state index in [0.717, 1.165) is 11.3 Å². The molecule has 0 aliphatic rings. The van der Waals surface area contributed by atoms with Crippen molar-refractivity contribution >= 4 is 17.3 Å². The van der Waals surface area contributed by atoms with E-state index >= 15 is 0 Å². The maximum absolute atomic E-state index is 10.4. The van der Waals surface area contributed by atoms with Gasteiger partial charge in [0.15, 0.2) is 0 Å². The van der Waals surface area contributed by atoms with Crippen molar-refractivity contribution in [2.75, 3.05) is 0 Å². The Morgan fingerprint density at radius 3 is 2.90 bits per heavy atom. The van der Waals surface area contributed by atoms with Gasteiger partial charge in [-0.25, -0.2) is 5.10 Å². The molecule has 0 fully saturated rings. The molecule has 54 valence electrons. The largest absolute Gasteiger partial charge is 0.481 e. The van der Waals surface area contributed by atoms with Crippen LogP contribution >= 0.6 is 11.3 Å². The lowest BCUT2D eigenvalue weighted by Gasteiger charge is -1.82. The zero-order valence-corrected chi connectivity index (χ0v) is 5.64. The number of carboxylic acid groups (broad SMARTS) is 1. The van der Waals surface area contributed by atoms with Crippen molar-refractivity contribution in [1.82, 2.24) is 10.2 Å². The Balaban J connectivity index is 2.76. The highest BCUT2D eigenvalue weighted by Crippen LogP contribution is 1.95. The topological polar surface area (TPSA) is 83.0 Å². The molecule has 0 aliphatic heterocycles. The minimum absolute atomic E-state index is 0.191. The van der Waals surface area contributed by atoms with Crippen LogP contribution in [0.1, 0.15) is 5.01 Å². The molecular weight excluding hydrogens is 156 g/mol. The SMILES string of the molecule is O=C(O)Cc1n[nH]c(=O)s1. The lowest BCUT2D eigenvalue weighted by Crippen LogP contribution is -1.98. The predicted molar refractivity (Wildman–Crippen MR) is 34.1 cm³/mol. The van der Waals surface area contributed by atoms with Crippen LogP contribution < -0.4 is 4.87 Å². The molecule has 0 saturated carbocycles. The first-order valence-electron chi connectivity index (χ1n) is 2.44. The summed E-state index contributed by atoms with van der Waals surface area (Å²) in [5, 5.41) is 14.1. The third-order valence-corrected chi connectivity index (χ3v) is 1.53. The van der Waals surface area contributed by atoms with E-state index in [1.54, 1.807) is 0 Å². The minimum atomic E-state index is -0.984. The molecule has 1 aromatic heterocycles. The van der Waals surface area contributed by atoms with Crippen molar-refractivity contribution < 1.29 is 9.90 Å². The first-order valence-corrected chi connectivity index (χ1v) is 3.26. The molecule has 0 radical (unpaired) electrons. The van der Waals surface area contributed by atoms with Gasteiger partial charge in [0.1, 0.15) is 5.01 Å². The van der Waals surface area contributed by atoms with Crippen LogP contribution in [0, 0.1) is 0 Å². The van der Waals surface area contributed by atoms with Gasteiger partial charge in [-0.1, -0.05) is 11.3 Å². The highest BCUT2D eigenvalue weighted by atomic mass is 32.1. The summed E-state index contributed by atoms with van der Waals surface area (Å²) in [6.45, 7) is 0. The smallest absolute Gasteiger partial charge is 0.322 e. The maximum Gasteiger partial charge on any atom is 0.322 e. The van der Waals surface area contributed by atoms with Gasteiger partial charge in [0.2, 0.25) is 0 Å². The Morgan fingerprint density at radius 1 is 1.80 bits per heavy atom. The Hall–Kier alpha value is -1.17. The second-order valence-electron chi connectivity index (χ2n) is 1.58. The van der Waals surface area contributed by atoms with E-state index in [0.29, 0.717) is 5.01 Å². The normalized spacial score (nSPS) is 9.60. The van der Waals surface area contributed by atoms with Gasteiger partial charge in [-0.15, -0.1) is 0 Å². The summed E-state index contributed by atoms with van der Waals surface area (Å²) in [6.07, 6.45) is -0.191. The molecule has 0 aliphatic carbocycles. The van der Waals surface area contributed by atoms with E-state index < -0.39 is 5.97 Å². The molecule has 0 spiro atoms. The van der Waals surface area contributed by atoms with Crippen LogP contribution in [0.15, 0.2) is 4.79 Å². The molecule has 6 heteroatoms. The first-order chi connectivity index (χ1) is 4.68. The molecular formula is C4H4N2O3S. The summed E-state index contributed by atoms with van der Waals surface area (Å²) in [7, 11) is 0. The third-order valence-electron chi connectivity index (χ3n) is 0.785. The summed E-state index contributed by atoms with van der Waals surface area (Å²) >= 11 is 0.813. The number of hydrogen-bond donors (Lipinski definition) is 2. The Labute approximate surface area is 59.3 Å². The van der Waals surface area contributed by atoms with Gasteiger partial charge in [-0.05, 0) is 0 Å².